The number of carbonyl (C=O) groups excluding carboxylic acids is 1. The van der Waals surface area contributed by atoms with Crippen molar-refractivity contribution < 1.29 is 9.53 Å². The van der Waals surface area contributed by atoms with Crippen molar-refractivity contribution in [3.8, 4) is 12.1 Å². The summed E-state index contributed by atoms with van der Waals surface area (Å²) in [6.45, 7) is 1.45. The van der Waals surface area contributed by atoms with E-state index in [2.05, 4.69) is 30.9 Å². The molecule has 1 unspecified atom stereocenters. The van der Waals surface area contributed by atoms with Crippen LogP contribution in [-0.4, -0.2) is 39.4 Å². The highest BCUT2D eigenvalue weighted by molar-refractivity contribution is 6.48. The third-order valence-corrected chi connectivity index (χ3v) is 4.01. The highest BCUT2D eigenvalue weighted by Gasteiger charge is 2.32. The standard InChI is InChI=1S/C17H16Cl3N7O2/c1-17(19,20)15(26-14(28)10-5-6-22-13(7-10)29-2)27-16(24-9-21)25-11-3-4-12(18)23-8-11/h3-8,15H,1-2H3,(H,26,28)(H2,24,25,27). The summed E-state index contributed by atoms with van der Waals surface area (Å²) < 4.78 is 3.50. The number of aromatic nitrogens is 2. The Hall–Kier alpha value is -2.80. The van der Waals surface area contributed by atoms with Crippen LogP contribution < -0.4 is 20.7 Å². The van der Waals surface area contributed by atoms with Crippen molar-refractivity contribution in [1.29, 1.82) is 5.26 Å². The van der Waals surface area contributed by atoms with Crippen LogP contribution in [0.4, 0.5) is 5.69 Å². The molecule has 1 amide bonds. The van der Waals surface area contributed by atoms with Crippen LogP contribution in [-0.2, 0) is 0 Å². The van der Waals surface area contributed by atoms with E-state index in [1.807, 2.05) is 0 Å². The molecule has 0 aromatic carbocycles. The minimum atomic E-state index is -1.50. The Kier molecular flexibility index (Phi) is 7.84. The Labute approximate surface area is 182 Å². The molecule has 0 saturated heterocycles. The fourth-order valence-electron chi connectivity index (χ4n) is 2.01. The molecular formula is C17H16Cl3N7O2. The van der Waals surface area contributed by atoms with Gasteiger partial charge >= 0.3 is 0 Å². The number of nitrogens with zero attached hydrogens (tertiary/aromatic N) is 4. The van der Waals surface area contributed by atoms with Gasteiger partial charge in [0.2, 0.25) is 11.8 Å². The van der Waals surface area contributed by atoms with E-state index in [0.717, 1.165) is 0 Å². The summed E-state index contributed by atoms with van der Waals surface area (Å²) in [4.78, 5) is 24.7. The number of amides is 1. The van der Waals surface area contributed by atoms with E-state index in [9.17, 15) is 4.79 Å². The maximum Gasteiger partial charge on any atom is 0.253 e. The Morgan fingerprint density at radius 1 is 1.34 bits per heavy atom. The van der Waals surface area contributed by atoms with E-state index in [-0.39, 0.29) is 17.4 Å². The molecule has 2 rings (SSSR count). The summed E-state index contributed by atoms with van der Waals surface area (Å²) in [7, 11) is 1.43. The average Bonchev–Trinajstić information content (AvgIpc) is 2.68. The lowest BCUT2D eigenvalue weighted by atomic mass is 10.2. The van der Waals surface area contributed by atoms with Crippen molar-refractivity contribution in [2.45, 2.75) is 17.4 Å². The van der Waals surface area contributed by atoms with E-state index < -0.39 is 16.4 Å². The smallest absolute Gasteiger partial charge is 0.253 e. The van der Waals surface area contributed by atoms with Crippen LogP contribution in [0, 0.1) is 11.5 Å². The normalized spacial score (nSPS) is 12.5. The molecule has 2 aromatic heterocycles. The van der Waals surface area contributed by atoms with Gasteiger partial charge in [0, 0.05) is 17.8 Å². The molecule has 2 heterocycles. The van der Waals surface area contributed by atoms with Gasteiger partial charge in [-0.25, -0.2) is 15.0 Å². The van der Waals surface area contributed by atoms with E-state index in [4.69, 9.17) is 44.8 Å². The van der Waals surface area contributed by atoms with Crippen molar-refractivity contribution in [2.75, 3.05) is 12.4 Å². The van der Waals surface area contributed by atoms with Gasteiger partial charge in [0.25, 0.3) is 5.91 Å². The molecule has 12 heteroatoms. The van der Waals surface area contributed by atoms with Gasteiger partial charge in [0.1, 0.15) is 5.15 Å². The number of aliphatic imine (C=N–C) groups is 1. The molecule has 0 spiro atoms. The van der Waals surface area contributed by atoms with Gasteiger partial charge in [-0.2, -0.15) is 5.26 Å². The first-order chi connectivity index (χ1) is 13.7. The van der Waals surface area contributed by atoms with Crippen molar-refractivity contribution in [1.82, 2.24) is 20.6 Å². The first-order valence-corrected chi connectivity index (χ1v) is 9.16. The van der Waals surface area contributed by atoms with Crippen LogP contribution in [0.3, 0.4) is 0 Å². The van der Waals surface area contributed by atoms with E-state index in [0.29, 0.717) is 10.8 Å². The van der Waals surface area contributed by atoms with Gasteiger partial charge in [-0.3, -0.25) is 10.1 Å². The predicted octanol–water partition coefficient (Wildman–Crippen LogP) is 2.93. The van der Waals surface area contributed by atoms with E-state index >= 15 is 0 Å². The zero-order valence-corrected chi connectivity index (χ0v) is 17.5. The second kappa shape index (κ2) is 10.1. The van der Waals surface area contributed by atoms with Crippen LogP contribution in [0.15, 0.2) is 41.7 Å². The molecule has 0 aliphatic carbocycles. The molecule has 0 aliphatic heterocycles. The minimum Gasteiger partial charge on any atom is -0.481 e. The second-order valence-electron chi connectivity index (χ2n) is 5.63. The molecule has 0 saturated carbocycles. The zero-order chi connectivity index (χ0) is 21.4. The number of ether oxygens (including phenoxy) is 1. The topological polar surface area (TPSA) is 124 Å². The number of methoxy groups -OCH3 is 1. The first-order valence-electron chi connectivity index (χ1n) is 8.03. The van der Waals surface area contributed by atoms with Crippen LogP contribution in [0.5, 0.6) is 5.88 Å². The van der Waals surface area contributed by atoms with Crippen LogP contribution in [0.1, 0.15) is 17.3 Å². The number of hydrogen-bond acceptors (Lipinski definition) is 6. The van der Waals surface area contributed by atoms with Gasteiger partial charge in [-0.1, -0.05) is 34.8 Å². The number of guanidine groups is 1. The highest BCUT2D eigenvalue weighted by atomic mass is 35.5. The molecule has 0 bridgehead atoms. The second-order valence-corrected chi connectivity index (χ2v) is 7.78. The number of alkyl halides is 2. The molecule has 0 radical (unpaired) electrons. The Morgan fingerprint density at radius 3 is 2.69 bits per heavy atom. The molecule has 0 aliphatic rings. The monoisotopic (exact) mass is 455 g/mol. The van der Waals surface area contributed by atoms with Crippen molar-refractivity contribution in [3.63, 3.8) is 0 Å². The third-order valence-electron chi connectivity index (χ3n) is 3.38. The summed E-state index contributed by atoms with van der Waals surface area (Å²) >= 11 is 18.1. The first kappa shape index (κ1) is 22.5. The predicted molar refractivity (Wildman–Crippen MR) is 111 cm³/mol. The number of halogens is 3. The SMILES string of the molecule is COc1cc(C(=O)NC(/N=C(\NC#N)Nc2ccc(Cl)nc2)C(C)(Cl)Cl)ccn1. The summed E-state index contributed by atoms with van der Waals surface area (Å²) in [5.41, 5.74) is 0.755. The highest BCUT2D eigenvalue weighted by Crippen LogP contribution is 2.26. The van der Waals surface area contributed by atoms with Gasteiger partial charge in [-0.15, -0.1) is 0 Å². The largest absolute Gasteiger partial charge is 0.481 e. The van der Waals surface area contributed by atoms with Crippen molar-refractivity contribution in [3.05, 3.63) is 47.4 Å². The number of rotatable bonds is 6. The summed E-state index contributed by atoms with van der Waals surface area (Å²) in [5.74, 6) is -0.265. The quantitative estimate of drug-likeness (QED) is 0.152. The number of anilines is 1. The number of carbonyl (C=O) groups is 1. The summed E-state index contributed by atoms with van der Waals surface area (Å²) in [6, 6.07) is 6.12. The Morgan fingerprint density at radius 2 is 2.10 bits per heavy atom. The molecule has 0 fully saturated rings. The zero-order valence-electron chi connectivity index (χ0n) is 15.3. The molecule has 1 atom stereocenters. The number of nitrogens with one attached hydrogen (secondary N) is 3. The average molecular weight is 457 g/mol. The summed E-state index contributed by atoms with van der Waals surface area (Å²) in [6.07, 6.45) is 3.48. The fourth-order valence-corrected chi connectivity index (χ4v) is 2.32. The number of pyridine rings is 2. The van der Waals surface area contributed by atoms with Crippen LogP contribution in [0.25, 0.3) is 0 Å². The molecular weight excluding hydrogens is 441 g/mol. The molecule has 2 aromatic rings. The lowest BCUT2D eigenvalue weighted by Gasteiger charge is -2.25. The molecule has 9 nitrogen and oxygen atoms in total. The van der Waals surface area contributed by atoms with Crippen molar-refractivity contribution >= 4 is 52.4 Å². The number of hydrogen-bond donors (Lipinski definition) is 3. The third kappa shape index (κ3) is 6.94. The van der Waals surface area contributed by atoms with Crippen LogP contribution >= 0.6 is 34.8 Å². The van der Waals surface area contributed by atoms with E-state index in [1.165, 1.54) is 38.6 Å². The molecule has 29 heavy (non-hydrogen) atoms. The van der Waals surface area contributed by atoms with Gasteiger partial charge in [0.15, 0.2) is 16.7 Å². The lowest BCUT2D eigenvalue weighted by molar-refractivity contribution is 0.0935. The molecule has 3 N–H and O–H groups in total. The van der Waals surface area contributed by atoms with Crippen LogP contribution in [0.2, 0.25) is 5.15 Å². The van der Waals surface area contributed by atoms with E-state index in [1.54, 1.807) is 18.3 Å². The van der Waals surface area contributed by atoms with Gasteiger partial charge in [-0.05, 0) is 25.1 Å². The fraction of sp³-hybridized carbons (Fsp3) is 0.235. The lowest BCUT2D eigenvalue weighted by Crippen LogP contribution is -2.45. The van der Waals surface area contributed by atoms with Gasteiger partial charge < -0.3 is 15.4 Å². The molecule has 152 valence electrons. The van der Waals surface area contributed by atoms with Crippen molar-refractivity contribution in [2.24, 2.45) is 4.99 Å². The Bertz CT molecular complexity index is 924. The minimum absolute atomic E-state index is 0.0123. The van der Waals surface area contributed by atoms with Gasteiger partial charge in [0.05, 0.1) is 19.0 Å². The number of nitriles is 1. The maximum atomic E-state index is 12.6. The Balaban J connectivity index is 2.27. The maximum absolute atomic E-state index is 12.6. The summed E-state index contributed by atoms with van der Waals surface area (Å²) in [5, 5.41) is 17.1.